The van der Waals surface area contributed by atoms with Gasteiger partial charge in [0.1, 0.15) is 5.75 Å². The minimum Gasteiger partial charge on any atom is -0.477 e. The highest BCUT2D eigenvalue weighted by Gasteiger charge is 2.19. The normalized spacial score (nSPS) is 11.6. The van der Waals surface area contributed by atoms with Gasteiger partial charge in [0.05, 0.1) is 5.02 Å². The number of hydrogen-bond donors (Lipinski definition) is 1. The Labute approximate surface area is 176 Å². The van der Waals surface area contributed by atoms with Crippen LogP contribution >= 0.6 is 39.1 Å². The fourth-order valence-corrected chi connectivity index (χ4v) is 2.96. The first-order valence-corrected chi connectivity index (χ1v) is 9.57. The number of benzene rings is 2. The zero-order chi connectivity index (χ0) is 20.1. The standard InChI is InChI=1S/C19H18BrCl2NO4/c1-10-6-14(7-11(2)18(10)20)23-17(24)9-26-19(25)12(3)27-16-5-4-13(21)8-15(16)22/h4-8,12H,9H2,1-3H3,(H,23,24)/t12-/m0/s1. The van der Waals surface area contributed by atoms with Crippen molar-refractivity contribution >= 4 is 56.7 Å². The molecular formula is C19H18BrCl2NO4. The third kappa shape index (κ3) is 6.13. The summed E-state index contributed by atoms with van der Waals surface area (Å²) in [6, 6.07) is 8.30. The lowest BCUT2D eigenvalue weighted by molar-refractivity contribution is -0.153. The molecule has 0 spiro atoms. The number of halogens is 3. The maximum atomic E-state index is 12.0. The zero-order valence-electron chi connectivity index (χ0n) is 14.9. The van der Waals surface area contributed by atoms with Crippen LogP contribution in [-0.4, -0.2) is 24.6 Å². The molecule has 2 aromatic carbocycles. The molecule has 2 aromatic rings. The second-order valence-corrected chi connectivity index (χ2v) is 7.55. The van der Waals surface area contributed by atoms with Crippen LogP contribution in [0.15, 0.2) is 34.8 Å². The van der Waals surface area contributed by atoms with E-state index in [2.05, 4.69) is 21.2 Å². The van der Waals surface area contributed by atoms with Crippen LogP contribution in [0.3, 0.4) is 0 Å². The van der Waals surface area contributed by atoms with Crippen molar-refractivity contribution in [3.05, 3.63) is 56.0 Å². The van der Waals surface area contributed by atoms with Gasteiger partial charge in [-0.15, -0.1) is 0 Å². The summed E-state index contributed by atoms with van der Waals surface area (Å²) >= 11 is 15.3. The molecule has 0 heterocycles. The number of carbonyl (C=O) groups is 2. The number of ether oxygens (including phenoxy) is 2. The molecule has 1 amide bonds. The van der Waals surface area contributed by atoms with Crippen LogP contribution in [0.1, 0.15) is 18.1 Å². The van der Waals surface area contributed by atoms with Crippen LogP contribution in [0.5, 0.6) is 5.75 Å². The Kier molecular flexibility index (Phi) is 7.53. The van der Waals surface area contributed by atoms with Gasteiger partial charge in [-0.3, -0.25) is 4.79 Å². The molecule has 0 unspecified atom stereocenters. The topological polar surface area (TPSA) is 64.6 Å². The minimum atomic E-state index is -0.936. The smallest absolute Gasteiger partial charge is 0.347 e. The van der Waals surface area contributed by atoms with Gasteiger partial charge in [0, 0.05) is 15.2 Å². The highest BCUT2D eigenvalue weighted by molar-refractivity contribution is 9.10. The predicted octanol–water partition coefficient (Wildman–Crippen LogP) is 5.32. The second kappa shape index (κ2) is 9.44. The molecule has 0 aliphatic rings. The van der Waals surface area contributed by atoms with Gasteiger partial charge in [0.25, 0.3) is 5.91 Å². The number of carbonyl (C=O) groups excluding carboxylic acids is 2. The lowest BCUT2D eigenvalue weighted by Gasteiger charge is -2.15. The van der Waals surface area contributed by atoms with Crippen LogP contribution in [0.25, 0.3) is 0 Å². The molecule has 0 fully saturated rings. The van der Waals surface area contributed by atoms with Gasteiger partial charge in [-0.25, -0.2) is 4.79 Å². The number of amides is 1. The Morgan fingerprint density at radius 2 is 1.78 bits per heavy atom. The maximum Gasteiger partial charge on any atom is 0.347 e. The summed E-state index contributed by atoms with van der Waals surface area (Å²) in [4.78, 5) is 24.1. The summed E-state index contributed by atoms with van der Waals surface area (Å²) in [5, 5.41) is 3.43. The summed E-state index contributed by atoms with van der Waals surface area (Å²) in [5.74, 6) is -0.823. The number of esters is 1. The van der Waals surface area contributed by atoms with Crippen LogP contribution < -0.4 is 10.1 Å². The van der Waals surface area contributed by atoms with E-state index in [1.807, 2.05) is 26.0 Å². The van der Waals surface area contributed by atoms with E-state index in [-0.39, 0.29) is 5.02 Å². The van der Waals surface area contributed by atoms with Gasteiger partial charge < -0.3 is 14.8 Å². The van der Waals surface area contributed by atoms with Crippen molar-refractivity contribution in [3.8, 4) is 5.75 Å². The molecule has 144 valence electrons. The third-order valence-electron chi connectivity index (χ3n) is 3.60. The first kappa shape index (κ1) is 21.5. The summed E-state index contributed by atoms with van der Waals surface area (Å²) < 4.78 is 11.4. The number of anilines is 1. The quantitative estimate of drug-likeness (QED) is 0.575. The maximum absolute atomic E-state index is 12.0. The fraction of sp³-hybridized carbons (Fsp3) is 0.263. The highest BCUT2D eigenvalue weighted by atomic mass is 79.9. The van der Waals surface area contributed by atoms with Gasteiger partial charge in [0.2, 0.25) is 0 Å². The third-order valence-corrected chi connectivity index (χ3v) is 5.38. The van der Waals surface area contributed by atoms with Gasteiger partial charge in [0.15, 0.2) is 12.7 Å². The fourth-order valence-electron chi connectivity index (χ4n) is 2.28. The molecule has 0 aliphatic carbocycles. The Balaban J connectivity index is 1.87. The molecule has 0 saturated carbocycles. The van der Waals surface area contributed by atoms with E-state index in [1.54, 1.807) is 12.1 Å². The van der Waals surface area contributed by atoms with Crippen molar-refractivity contribution in [2.45, 2.75) is 26.9 Å². The van der Waals surface area contributed by atoms with Crippen molar-refractivity contribution in [3.63, 3.8) is 0 Å². The molecule has 0 bridgehead atoms. The molecule has 27 heavy (non-hydrogen) atoms. The number of rotatable bonds is 6. The molecular weight excluding hydrogens is 457 g/mol. The molecule has 0 saturated heterocycles. The van der Waals surface area contributed by atoms with Crippen molar-refractivity contribution in [1.29, 1.82) is 0 Å². The lowest BCUT2D eigenvalue weighted by Crippen LogP contribution is -2.29. The second-order valence-electron chi connectivity index (χ2n) is 5.91. The van der Waals surface area contributed by atoms with Crippen LogP contribution in [0, 0.1) is 13.8 Å². The Morgan fingerprint density at radius 1 is 1.15 bits per heavy atom. The SMILES string of the molecule is Cc1cc(NC(=O)COC(=O)[C@H](C)Oc2ccc(Cl)cc2Cl)cc(C)c1Br. The first-order chi connectivity index (χ1) is 12.7. The summed E-state index contributed by atoms with van der Waals surface area (Å²) in [6.07, 6.45) is -0.936. The van der Waals surface area contributed by atoms with E-state index in [1.165, 1.54) is 13.0 Å². The number of hydrogen-bond acceptors (Lipinski definition) is 4. The molecule has 1 N–H and O–H groups in total. The van der Waals surface area contributed by atoms with Gasteiger partial charge in [-0.1, -0.05) is 39.1 Å². The number of nitrogens with one attached hydrogen (secondary N) is 1. The van der Waals surface area contributed by atoms with E-state index in [4.69, 9.17) is 32.7 Å². The van der Waals surface area contributed by atoms with E-state index < -0.39 is 24.6 Å². The van der Waals surface area contributed by atoms with Crippen molar-refractivity contribution < 1.29 is 19.1 Å². The largest absolute Gasteiger partial charge is 0.477 e. The van der Waals surface area contributed by atoms with Gasteiger partial charge in [-0.2, -0.15) is 0 Å². The van der Waals surface area contributed by atoms with Gasteiger partial charge >= 0.3 is 5.97 Å². The molecule has 0 radical (unpaired) electrons. The van der Waals surface area contributed by atoms with E-state index in [9.17, 15) is 9.59 Å². The van der Waals surface area contributed by atoms with E-state index in [0.717, 1.165) is 15.6 Å². The Hall–Kier alpha value is -1.76. The molecule has 1 atom stereocenters. The van der Waals surface area contributed by atoms with Crippen LogP contribution in [0.2, 0.25) is 10.0 Å². The van der Waals surface area contributed by atoms with E-state index in [0.29, 0.717) is 16.5 Å². The monoisotopic (exact) mass is 473 g/mol. The summed E-state index contributed by atoms with van der Waals surface area (Å²) in [5.41, 5.74) is 2.61. The first-order valence-electron chi connectivity index (χ1n) is 8.02. The molecule has 0 aromatic heterocycles. The molecule has 5 nitrogen and oxygen atoms in total. The molecule has 8 heteroatoms. The van der Waals surface area contributed by atoms with Crippen molar-refractivity contribution in [1.82, 2.24) is 0 Å². The highest BCUT2D eigenvalue weighted by Crippen LogP contribution is 2.28. The van der Waals surface area contributed by atoms with Gasteiger partial charge in [-0.05, 0) is 62.2 Å². The summed E-state index contributed by atoms with van der Waals surface area (Å²) in [7, 11) is 0. The predicted molar refractivity (Wildman–Crippen MR) is 110 cm³/mol. The zero-order valence-corrected chi connectivity index (χ0v) is 18.0. The minimum absolute atomic E-state index is 0.279. The average molecular weight is 475 g/mol. The Morgan fingerprint density at radius 3 is 2.37 bits per heavy atom. The Bertz CT molecular complexity index is 850. The molecule has 2 rings (SSSR count). The summed E-state index contributed by atoms with van der Waals surface area (Å²) in [6.45, 7) is 4.93. The molecule has 0 aliphatic heterocycles. The van der Waals surface area contributed by atoms with Crippen LogP contribution in [-0.2, 0) is 14.3 Å². The number of aryl methyl sites for hydroxylation is 2. The van der Waals surface area contributed by atoms with Crippen LogP contribution in [0.4, 0.5) is 5.69 Å². The lowest BCUT2D eigenvalue weighted by atomic mass is 10.1. The van der Waals surface area contributed by atoms with Crippen molar-refractivity contribution in [2.75, 3.05) is 11.9 Å². The van der Waals surface area contributed by atoms with Crippen molar-refractivity contribution in [2.24, 2.45) is 0 Å². The average Bonchev–Trinajstić information content (AvgIpc) is 2.59. The van der Waals surface area contributed by atoms with E-state index >= 15 is 0 Å².